The lowest BCUT2D eigenvalue weighted by Crippen LogP contribution is -2.44. The first-order chi connectivity index (χ1) is 9.11. The van der Waals surface area contributed by atoms with Crippen molar-refractivity contribution in [1.82, 2.24) is 10.9 Å². The fourth-order valence-corrected chi connectivity index (χ4v) is 1.45. The van der Waals surface area contributed by atoms with E-state index in [0.717, 1.165) is 24.2 Å². The van der Waals surface area contributed by atoms with Crippen molar-refractivity contribution in [3.05, 3.63) is 29.8 Å². The van der Waals surface area contributed by atoms with Gasteiger partial charge in [-0.2, -0.15) is 0 Å². The average Bonchev–Trinajstić information content (AvgIpc) is 2.39. The van der Waals surface area contributed by atoms with Crippen LogP contribution in [0.3, 0.4) is 0 Å². The minimum absolute atomic E-state index is 0.0352. The van der Waals surface area contributed by atoms with Gasteiger partial charge in [-0.05, 0) is 36.3 Å². The topological polar surface area (TPSA) is 76.4 Å². The predicted molar refractivity (Wildman–Crippen MR) is 78.6 cm³/mol. The highest BCUT2D eigenvalue weighted by Gasteiger charge is 2.03. The lowest BCUT2D eigenvalue weighted by atomic mass is 10.1. The number of rotatable bonds is 6. The Balaban J connectivity index is 2.39. The van der Waals surface area contributed by atoms with Crippen LogP contribution in [0.2, 0.25) is 0 Å². The van der Waals surface area contributed by atoms with Crippen molar-refractivity contribution < 1.29 is 9.53 Å². The number of carbonyl (C=O) groups is 1. The number of unbranched alkanes of at least 4 members (excludes halogenated alkanes) is 1. The number of hydrogen-bond acceptors (Lipinski definition) is 3. The van der Waals surface area contributed by atoms with Crippen molar-refractivity contribution in [2.75, 3.05) is 6.61 Å². The van der Waals surface area contributed by atoms with Gasteiger partial charge in [0.15, 0.2) is 5.11 Å². The molecule has 0 aliphatic rings. The van der Waals surface area contributed by atoms with Gasteiger partial charge in [0, 0.05) is 0 Å². The molecule has 1 aromatic carbocycles. The van der Waals surface area contributed by atoms with Gasteiger partial charge in [-0.25, -0.2) is 0 Å². The van der Waals surface area contributed by atoms with Crippen LogP contribution in [-0.4, -0.2) is 17.6 Å². The van der Waals surface area contributed by atoms with Crippen LogP contribution in [0, 0.1) is 0 Å². The molecule has 1 amide bonds. The lowest BCUT2D eigenvalue weighted by Gasteiger charge is -2.08. The maximum Gasteiger partial charge on any atom is 0.242 e. The molecule has 19 heavy (non-hydrogen) atoms. The summed E-state index contributed by atoms with van der Waals surface area (Å²) in [7, 11) is 0. The highest BCUT2D eigenvalue weighted by Crippen LogP contribution is 2.13. The Bertz CT molecular complexity index is 420. The number of carbonyl (C=O) groups excluding carboxylic acids is 1. The zero-order chi connectivity index (χ0) is 14.1. The van der Waals surface area contributed by atoms with Crippen LogP contribution in [-0.2, 0) is 11.2 Å². The third-order valence-corrected chi connectivity index (χ3v) is 2.48. The smallest absolute Gasteiger partial charge is 0.242 e. The van der Waals surface area contributed by atoms with Crippen LogP contribution < -0.4 is 21.3 Å². The highest BCUT2D eigenvalue weighted by atomic mass is 32.1. The first-order valence-electron chi connectivity index (χ1n) is 6.18. The molecule has 0 atom stereocenters. The fourth-order valence-electron chi connectivity index (χ4n) is 1.40. The van der Waals surface area contributed by atoms with E-state index in [0.29, 0.717) is 6.61 Å². The van der Waals surface area contributed by atoms with E-state index in [9.17, 15) is 4.79 Å². The van der Waals surface area contributed by atoms with Crippen molar-refractivity contribution in [3.8, 4) is 5.75 Å². The third-order valence-electron chi connectivity index (χ3n) is 2.38. The number of thiocarbonyl (C=S) groups is 1. The number of nitrogens with one attached hydrogen (secondary N) is 2. The Morgan fingerprint density at radius 2 is 2.00 bits per heavy atom. The van der Waals surface area contributed by atoms with E-state index < -0.39 is 0 Å². The summed E-state index contributed by atoms with van der Waals surface area (Å²) in [6.45, 7) is 2.83. The van der Waals surface area contributed by atoms with Gasteiger partial charge in [0.05, 0.1) is 13.0 Å². The number of nitrogens with two attached hydrogens (primary N) is 1. The van der Waals surface area contributed by atoms with Gasteiger partial charge in [-0.1, -0.05) is 25.5 Å². The summed E-state index contributed by atoms with van der Waals surface area (Å²) in [4.78, 5) is 11.5. The molecule has 0 aliphatic heterocycles. The molecular formula is C13H19N3O2S. The van der Waals surface area contributed by atoms with Gasteiger partial charge < -0.3 is 10.5 Å². The molecule has 0 aromatic heterocycles. The molecule has 0 heterocycles. The minimum atomic E-state index is -0.201. The van der Waals surface area contributed by atoms with Crippen LogP contribution in [0.5, 0.6) is 5.75 Å². The van der Waals surface area contributed by atoms with Crippen LogP contribution in [0.25, 0.3) is 0 Å². The zero-order valence-corrected chi connectivity index (χ0v) is 11.8. The largest absolute Gasteiger partial charge is 0.494 e. The van der Waals surface area contributed by atoms with Crippen LogP contribution >= 0.6 is 12.2 Å². The molecule has 0 unspecified atom stereocenters. The number of hydrogen-bond donors (Lipinski definition) is 3. The zero-order valence-electron chi connectivity index (χ0n) is 10.9. The Morgan fingerprint density at radius 1 is 1.32 bits per heavy atom. The molecule has 0 spiro atoms. The average molecular weight is 281 g/mol. The number of amides is 1. The highest BCUT2D eigenvalue weighted by molar-refractivity contribution is 7.80. The molecule has 5 nitrogen and oxygen atoms in total. The van der Waals surface area contributed by atoms with E-state index in [1.54, 1.807) is 0 Å². The van der Waals surface area contributed by atoms with Crippen molar-refractivity contribution in [3.63, 3.8) is 0 Å². The second-order valence-electron chi connectivity index (χ2n) is 4.06. The summed E-state index contributed by atoms with van der Waals surface area (Å²) >= 11 is 4.58. The summed E-state index contributed by atoms with van der Waals surface area (Å²) in [6.07, 6.45) is 2.40. The Kier molecular flexibility index (Phi) is 6.67. The molecule has 1 rings (SSSR count). The maximum absolute atomic E-state index is 11.5. The number of hydrazine groups is 1. The predicted octanol–water partition coefficient (Wildman–Crippen LogP) is 1.27. The first kappa shape index (κ1) is 15.2. The normalized spacial score (nSPS) is 9.74. The Morgan fingerprint density at radius 3 is 2.58 bits per heavy atom. The molecule has 4 N–H and O–H groups in total. The third kappa shape index (κ3) is 6.61. The second kappa shape index (κ2) is 8.31. The van der Waals surface area contributed by atoms with Gasteiger partial charge in [0.25, 0.3) is 0 Å². The van der Waals surface area contributed by atoms with E-state index >= 15 is 0 Å². The van der Waals surface area contributed by atoms with Gasteiger partial charge in [0.1, 0.15) is 5.75 Å². The lowest BCUT2D eigenvalue weighted by molar-refractivity contribution is -0.121. The molecule has 1 aromatic rings. The van der Waals surface area contributed by atoms with Crippen LogP contribution in [0.15, 0.2) is 24.3 Å². The van der Waals surface area contributed by atoms with E-state index in [1.165, 1.54) is 0 Å². The number of ether oxygens (including phenoxy) is 1. The molecule has 6 heteroatoms. The maximum atomic E-state index is 11.5. The fraction of sp³-hybridized carbons (Fsp3) is 0.385. The molecule has 0 saturated carbocycles. The molecule has 0 radical (unpaired) electrons. The molecular weight excluding hydrogens is 262 g/mol. The van der Waals surface area contributed by atoms with Gasteiger partial charge in [-0.15, -0.1) is 0 Å². The van der Waals surface area contributed by atoms with Gasteiger partial charge in [-0.3, -0.25) is 15.6 Å². The van der Waals surface area contributed by atoms with Crippen molar-refractivity contribution >= 4 is 23.2 Å². The molecule has 0 fully saturated rings. The van der Waals surface area contributed by atoms with Crippen molar-refractivity contribution in [1.29, 1.82) is 0 Å². The standard InChI is InChI=1S/C13H19N3O2S/c1-2-3-8-18-11-6-4-10(5-7-11)9-12(17)15-16-13(14)19/h4-7H,2-3,8-9H2,1H3,(H,15,17)(H3,14,16,19). The van der Waals surface area contributed by atoms with E-state index in [1.807, 2.05) is 24.3 Å². The summed E-state index contributed by atoms with van der Waals surface area (Å²) in [5.41, 5.74) is 10.9. The Labute approximate surface area is 118 Å². The van der Waals surface area contributed by atoms with Crippen LogP contribution in [0.1, 0.15) is 25.3 Å². The van der Waals surface area contributed by atoms with E-state index in [-0.39, 0.29) is 17.4 Å². The quantitative estimate of drug-likeness (QED) is 0.416. The van der Waals surface area contributed by atoms with E-state index in [4.69, 9.17) is 10.5 Å². The van der Waals surface area contributed by atoms with Crippen molar-refractivity contribution in [2.45, 2.75) is 26.2 Å². The monoisotopic (exact) mass is 281 g/mol. The SMILES string of the molecule is CCCCOc1ccc(CC(=O)NNC(N)=S)cc1. The van der Waals surface area contributed by atoms with Crippen LogP contribution in [0.4, 0.5) is 0 Å². The molecule has 0 aliphatic carbocycles. The van der Waals surface area contributed by atoms with E-state index in [2.05, 4.69) is 30.0 Å². The molecule has 0 bridgehead atoms. The molecule has 104 valence electrons. The summed E-state index contributed by atoms with van der Waals surface area (Å²) < 4.78 is 5.54. The first-order valence-corrected chi connectivity index (χ1v) is 6.58. The van der Waals surface area contributed by atoms with Gasteiger partial charge in [0.2, 0.25) is 5.91 Å². The van der Waals surface area contributed by atoms with Gasteiger partial charge >= 0.3 is 0 Å². The second-order valence-corrected chi connectivity index (χ2v) is 4.50. The number of benzene rings is 1. The van der Waals surface area contributed by atoms with Crippen molar-refractivity contribution in [2.24, 2.45) is 5.73 Å². The summed E-state index contributed by atoms with van der Waals surface area (Å²) in [5, 5.41) is 0.0352. The summed E-state index contributed by atoms with van der Waals surface area (Å²) in [5.74, 6) is 0.617. The molecule has 0 saturated heterocycles. The minimum Gasteiger partial charge on any atom is -0.494 e. The summed E-state index contributed by atoms with van der Waals surface area (Å²) in [6, 6.07) is 7.45. The Hall–Kier alpha value is -1.82.